The van der Waals surface area contributed by atoms with Gasteiger partial charge in [-0.05, 0) is 61.8 Å². The predicted octanol–water partition coefficient (Wildman–Crippen LogP) is 3.02. The summed E-state index contributed by atoms with van der Waals surface area (Å²) >= 11 is 0. The molecule has 1 aromatic carbocycles. The van der Waals surface area contributed by atoms with E-state index >= 15 is 0 Å². The Labute approximate surface area is 98.3 Å². The first kappa shape index (κ1) is 10.3. The van der Waals surface area contributed by atoms with Gasteiger partial charge in [0.15, 0.2) is 0 Å². The fourth-order valence-corrected chi connectivity index (χ4v) is 3.32. The van der Waals surface area contributed by atoms with Gasteiger partial charge in [-0.2, -0.15) is 0 Å². The molecule has 86 valence electrons. The van der Waals surface area contributed by atoms with Crippen molar-refractivity contribution in [2.45, 2.75) is 45.1 Å². The van der Waals surface area contributed by atoms with Crippen LogP contribution in [-0.2, 0) is 18.4 Å². The van der Waals surface area contributed by atoms with E-state index in [4.69, 9.17) is 0 Å². The monoisotopic (exact) mass is 215 g/mol. The molecule has 1 aliphatic carbocycles. The summed E-state index contributed by atoms with van der Waals surface area (Å²) in [5, 5.41) is 3.65. The lowest BCUT2D eigenvalue weighted by atomic mass is 9.88. The van der Waals surface area contributed by atoms with Crippen molar-refractivity contribution in [1.29, 1.82) is 0 Å². The molecular formula is C15H21N. The van der Waals surface area contributed by atoms with Crippen molar-refractivity contribution in [3.8, 4) is 0 Å². The minimum atomic E-state index is 0.237. The molecule has 1 aromatic rings. The van der Waals surface area contributed by atoms with E-state index < -0.39 is 0 Å². The maximum Gasteiger partial charge on any atom is 0.0406 e. The molecule has 0 aromatic heterocycles. The first-order chi connectivity index (χ1) is 7.67. The number of fused-ring (bicyclic) bond motifs is 1. The van der Waals surface area contributed by atoms with Gasteiger partial charge >= 0.3 is 0 Å². The molecule has 0 saturated carbocycles. The van der Waals surface area contributed by atoms with Crippen LogP contribution in [-0.4, -0.2) is 6.54 Å². The molecule has 2 atom stereocenters. The van der Waals surface area contributed by atoms with Crippen LogP contribution in [0.4, 0.5) is 0 Å². The molecule has 1 fully saturated rings. The van der Waals surface area contributed by atoms with Gasteiger partial charge in [0, 0.05) is 5.54 Å². The number of hydrogen-bond acceptors (Lipinski definition) is 1. The maximum absolute atomic E-state index is 3.65. The molecule has 2 aliphatic rings. The second-order valence-corrected chi connectivity index (χ2v) is 5.86. The van der Waals surface area contributed by atoms with E-state index in [0.29, 0.717) is 0 Å². The zero-order valence-electron chi connectivity index (χ0n) is 10.3. The lowest BCUT2D eigenvalue weighted by Gasteiger charge is -2.25. The van der Waals surface area contributed by atoms with Crippen molar-refractivity contribution in [2.24, 2.45) is 5.92 Å². The van der Waals surface area contributed by atoms with E-state index in [-0.39, 0.29) is 5.54 Å². The highest BCUT2D eigenvalue weighted by Crippen LogP contribution is 2.34. The summed E-state index contributed by atoms with van der Waals surface area (Å²) in [5.74, 6) is 0.842. The number of hydrogen-bond donors (Lipinski definition) is 1. The molecule has 0 bridgehead atoms. The standard InChI is InChI=1S/C15H21N/c1-11-8-12-4-5-14(10-13(12)9-11)15(2)6-3-7-16-15/h4-5,10-11,16H,3,6-9H2,1-2H3. The zero-order valence-corrected chi connectivity index (χ0v) is 10.3. The molecule has 1 saturated heterocycles. The molecule has 2 unspecified atom stereocenters. The van der Waals surface area contributed by atoms with E-state index in [9.17, 15) is 0 Å². The SMILES string of the molecule is CC1Cc2ccc(C3(C)CCCN3)cc2C1. The van der Waals surface area contributed by atoms with Crippen LogP contribution < -0.4 is 5.32 Å². The van der Waals surface area contributed by atoms with Gasteiger partial charge in [-0.3, -0.25) is 0 Å². The third kappa shape index (κ3) is 1.58. The molecular weight excluding hydrogens is 194 g/mol. The van der Waals surface area contributed by atoms with Gasteiger partial charge in [-0.15, -0.1) is 0 Å². The average molecular weight is 215 g/mol. The summed E-state index contributed by atoms with van der Waals surface area (Å²) in [6, 6.07) is 7.16. The fraction of sp³-hybridized carbons (Fsp3) is 0.600. The van der Waals surface area contributed by atoms with Gasteiger partial charge < -0.3 is 5.32 Å². The first-order valence-electron chi connectivity index (χ1n) is 6.55. The van der Waals surface area contributed by atoms with Crippen LogP contribution in [0.5, 0.6) is 0 Å². The lowest BCUT2D eigenvalue weighted by Crippen LogP contribution is -2.33. The highest BCUT2D eigenvalue weighted by molar-refractivity contribution is 5.39. The molecule has 1 N–H and O–H groups in total. The molecule has 1 aliphatic heterocycles. The normalized spacial score (nSPS) is 33.0. The van der Waals surface area contributed by atoms with E-state index in [2.05, 4.69) is 37.4 Å². The quantitative estimate of drug-likeness (QED) is 0.759. The molecule has 0 spiro atoms. The van der Waals surface area contributed by atoms with Crippen LogP contribution >= 0.6 is 0 Å². The Morgan fingerprint density at radius 1 is 1.25 bits per heavy atom. The summed E-state index contributed by atoms with van der Waals surface area (Å²) in [7, 11) is 0. The Morgan fingerprint density at radius 3 is 2.81 bits per heavy atom. The summed E-state index contributed by atoms with van der Waals surface area (Å²) in [4.78, 5) is 0. The van der Waals surface area contributed by atoms with Crippen molar-refractivity contribution in [1.82, 2.24) is 5.32 Å². The lowest BCUT2D eigenvalue weighted by molar-refractivity contribution is 0.434. The molecule has 1 heterocycles. The van der Waals surface area contributed by atoms with Gasteiger partial charge in [0.25, 0.3) is 0 Å². The summed E-state index contributed by atoms with van der Waals surface area (Å²) in [6.45, 7) is 5.87. The minimum Gasteiger partial charge on any atom is -0.308 e. The predicted molar refractivity (Wildman–Crippen MR) is 67.6 cm³/mol. The first-order valence-corrected chi connectivity index (χ1v) is 6.55. The summed E-state index contributed by atoms with van der Waals surface area (Å²) < 4.78 is 0. The van der Waals surface area contributed by atoms with Gasteiger partial charge in [-0.1, -0.05) is 25.1 Å². The van der Waals surface area contributed by atoms with Crippen LogP contribution in [0.1, 0.15) is 43.4 Å². The van der Waals surface area contributed by atoms with Crippen molar-refractivity contribution in [3.63, 3.8) is 0 Å². The second-order valence-electron chi connectivity index (χ2n) is 5.86. The second kappa shape index (κ2) is 3.59. The molecule has 1 heteroatoms. The Morgan fingerprint density at radius 2 is 2.06 bits per heavy atom. The highest BCUT2D eigenvalue weighted by Gasteiger charge is 2.31. The Balaban J connectivity index is 1.95. The largest absolute Gasteiger partial charge is 0.308 e. The van der Waals surface area contributed by atoms with E-state index in [1.54, 1.807) is 11.1 Å². The molecule has 0 radical (unpaired) electrons. The van der Waals surface area contributed by atoms with Crippen molar-refractivity contribution in [2.75, 3.05) is 6.54 Å². The topological polar surface area (TPSA) is 12.0 Å². The van der Waals surface area contributed by atoms with Crippen LogP contribution in [0.3, 0.4) is 0 Å². The van der Waals surface area contributed by atoms with Crippen molar-refractivity contribution < 1.29 is 0 Å². The Bertz CT molecular complexity index is 402. The minimum absolute atomic E-state index is 0.237. The van der Waals surface area contributed by atoms with Gasteiger partial charge in [-0.25, -0.2) is 0 Å². The van der Waals surface area contributed by atoms with Crippen molar-refractivity contribution >= 4 is 0 Å². The van der Waals surface area contributed by atoms with E-state index in [0.717, 1.165) is 5.92 Å². The molecule has 0 amide bonds. The molecule has 1 nitrogen and oxygen atoms in total. The van der Waals surface area contributed by atoms with E-state index in [1.165, 1.54) is 37.8 Å². The Kier molecular flexibility index (Phi) is 2.32. The summed E-state index contributed by atoms with van der Waals surface area (Å²) in [6.07, 6.45) is 5.14. The van der Waals surface area contributed by atoms with Gasteiger partial charge in [0.2, 0.25) is 0 Å². The van der Waals surface area contributed by atoms with Crippen LogP contribution in [0.25, 0.3) is 0 Å². The smallest absolute Gasteiger partial charge is 0.0406 e. The number of rotatable bonds is 1. The average Bonchev–Trinajstić information content (AvgIpc) is 2.82. The van der Waals surface area contributed by atoms with Gasteiger partial charge in [0.05, 0.1) is 0 Å². The van der Waals surface area contributed by atoms with Crippen molar-refractivity contribution in [3.05, 3.63) is 34.9 Å². The third-order valence-corrected chi connectivity index (χ3v) is 4.35. The maximum atomic E-state index is 3.65. The zero-order chi connectivity index (χ0) is 11.2. The number of benzene rings is 1. The van der Waals surface area contributed by atoms with Crippen LogP contribution in [0, 0.1) is 5.92 Å². The van der Waals surface area contributed by atoms with Crippen LogP contribution in [0.2, 0.25) is 0 Å². The Hall–Kier alpha value is -0.820. The summed E-state index contributed by atoms with van der Waals surface area (Å²) in [5.41, 5.74) is 4.91. The molecule has 16 heavy (non-hydrogen) atoms. The number of nitrogens with one attached hydrogen (secondary N) is 1. The molecule has 3 rings (SSSR count). The van der Waals surface area contributed by atoms with E-state index in [1.807, 2.05) is 0 Å². The van der Waals surface area contributed by atoms with Crippen LogP contribution in [0.15, 0.2) is 18.2 Å². The fourth-order valence-electron chi connectivity index (χ4n) is 3.32. The van der Waals surface area contributed by atoms with Gasteiger partial charge in [0.1, 0.15) is 0 Å². The third-order valence-electron chi connectivity index (χ3n) is 4.35. The highest BCUT2D eigenvalue weighted by atomic mass is 15.0.